The summed E-state index contributed by atoms with van der Waals surface area (Å²) in [5.41, 5.74) is 0. The Hall–Kier alpha value is -1.39. The van der Waals surface area contributed by atoms with Crippen LogP contribution in [0.25, 0.3) is 0 Å². The Morgan fingerprint density at radius 2 is 1.86 bits per heavy atom. The molecule has 0 spiro atoms. The summed E-state index contributed by atoms with van der Waals surface area (Å²) < 4.78 is 0. The first-order valence-corrected chi connectivity index (χ1v) is 9.09. The largest absolute Gasteiger partial charge is 0.366 e. The fourth-order valence-corrected chi connectivity index (χ4v) is 3.81. The van der Waals surface area contributed by atoms with Crippen LogP contribution in [-0.4, -0.2) is 33.8 Å². The van der Waals surface area contributed by atoms with Gasteiger partial charge in [-0.2, -0.15) is 10.1 Å². The molecule has 1 saturated carbocycles. The number of nitrogens with one attached hydrogen (secondary N) is 1. The van der Waals surface area contributed by atoms with E-state index in [0.717, 1.165) is 24.7 Å². The van der Waals surface area contributed by atoms with Gasteiger partial charge in [0.2, 0.25) is 5.95 Å². The Bertz CT molecular complexity index is 456. The second kappa shape index (κ2) is 7.75. The van der Waals surface area contributed by atoms with E-state index in [-0.39, 0.29) is 0 Å². The van der Waals surface area contributed by atoms with E-state index in [1.807, 2.05) is 0 Å². The summed E-state index contributed by atoms with van der Waals surface area (Å²) in [7, 11) is 0. The summed E-state index contributed by atoms with van der Waals surface area (Å²) in [6, 6.07) is 1.12. The van der Waals surface area contributed by atoms with Crippen molar-refractivity contribution >= 4 is 11.8 Å². The summed E-state index contributed by atoms with van der Waals surface area (Å²) in [6.45, 7) is 3.32. The van der Waals surface area contributed by atoms with E-state index in [1.54, 1.807) is 6.20 Å². The van der Waals surface area contributed by atoms with Crippen LogP contribution < -0.4 is 10.2 Å². The Morgan fingerprint density at radius 3 is 2.64 bits per heavy atom. The molecule has 0 aromatic carbocycles. The molecular weight excluding hydrogens is 274 g/mol. The molecule has 1 saturated heterocycles. The Labute approximate surface area is 133 Å². The molecule has 1 aliphatic carbocycles. The van der Waals surface area contributed by atoms with Crippen molar-refractivity contribution in [1.82, 2.24) is 15.2 Å². The molecule has 1 unspecified atom stereocenters. The van der Waals surface area contributed by atoms with Crippen LogP contribution in [0.2, 0.25) is 0 Å². The molecule has 2 heterocycles. The lowest BCUT2D eigenvalue weighted by Gasteiger charge is -2.35. The van der Waals surface area contributed by atoms with E-state index in [2.05, 4.69) is 27.3 Å². The number of anilines is 2. The van der Waals surface area contributed by atoms with Crippen LogP contribution in [0.5, 0.6) is 0 Å². The zero-order valence-corrected chi connectivity index (χ0v) is 13.8. The van der Waals surface area contributed by atoms with E-state index >= 15 is 0 Å². The molecule has 3 rings (SSSR count). The molecule has 0 amide bonds. The molecule has 2 fully saturated rings. The van der Waals surface area contributed by atoms with E-state index in [0.29, 0.717) is 12.1 Å². The molecule has 0 bridgehead atoms. The number of nitrogens with zero attached hydrogens (tertiary/aromatic N) is 4. The van der Waals surface area contributed by atoms with Crippen molar-refractivity contribution < 1.29 is 0 Å². The van der Waals surface area contributed by atoms with Gasteiger partial charge in [0.15, 0.2) is 5.82 Å². The van der Waals surface area contributed by atoms with Crippen LogP contribution in [-0.2, 0) is 0 Å². The quantitative estimate of drug-likeness (QED) is 0.858. The highest BCUT2D eigenvalue weighted by atomic mass is 15.3. The topological polar surface area (TPSA) is 53.9 Å². The fraction of sp³-hybridized carbons (Fsp3) is 0.824. The summed E-state index contributed by atoms with van der Waals surface area (Å²) in [5, 5.41) is 12.1. The molecule has 22 heavy (non-hydrogen) atoms. The number of aromatic nitrogens is 3. The second-order valence-electron chi connectivity index (χ2n) is 6.73. The van der Waals surface area contributed by atoms with E-state index in [9.17, 15) is 0 Å². The third-order valence-corrected chi connectivity index (χ3v) is 5.11. The first-order chi connectivity index (χ1) is 10.9. The van der Waals surface area contributed by atoms with Crippen LogP contribution in [0, 0.1) is 0 Å². The first kappa shape index (κ1) is 15.5. The van der Waals surface area contributed by atoms with Crippen LogP contribution in [0.4, 0.5) is 11.8 Å². The highest BCUT2D eigenvalue weighted by molar-refractivity contribution is 5.40. The molecule has 5 nitrogen and oxygen atoms in total. The predicted molar refractivity (Wildman–Crippen MR) is 90.2 cm³/mol. The maximum Gasteiger partial charge on any atom is 0.247 e. The van der Waals surface area contributed by atoms with Crippen molar-refractivity contribution in [3.05, 3.63) is 6.20 Å². The van der Waals surface area contributed by atoms with Gasteiger partial charge in [0, 0.05) is 18.6 Å². The minimum Gasteiger partial charge on any atom is -0.366 e. The van der Waals surface area contributed by atoms with Crippen LogP contribution in [0.3, 0.4) is 0 Å². The minimum absolute atomic E-state index is 0.551. The van der Waals surface area contributed by atoms with Crippen molar-refractivity contribution in [2.24, 2.45) is 0 Å². The Kier molecular flexibility index (Phi) is 5.46. The Morgan fingerprint density at radius 1 is 1.09 bits per heavy atom. The molecule has 122 valence electrons. The normalized spacial score (nSPS) is 24.0. The van der Waals surface area contributed by atoms with E-state index in [4.69, 9.17) is 4.98 Å². The van der Waals surface area contributed by atoms with Crippen LogP contribution in [0.1, 0.15) is 71.1 Å². The van der Waals surface area contributed by atoms with E-state index < -0.39 is 0 Å². The molecule has 1 N–H and O–H groups in total. The minimum atomic E-state index is 0.551. The van der Waals surface area contributed by atoms with Gasteiger partial charge >= 0.3 is 0 Å². The maximum absolute atomic E-state index is 4.76. The molecule has 1 aromatic heterocycles. The third-order valence-electron chi connectivity index (χ3n) is 5.11. The third kappa shape index (κ3) is 3.87. The van der Waals surface area contributed by atoms with Gasteiger partial charge in [-0.05, 0) is 38.5 Å². The fourth-order valence-electron chi connectivity index (χ4n) is 3.81. The average molecular weight is 303 g/mol. The molecular formula is C17H29N5. The van der Waals surface area contributed by atoms with Gasteiger partial charge in [0.25, 0.3) is 0 Å². The number of rotatable bonds is 4. The monoisotopic (exact) mass is 303 g/mol. The molecule has 0 radical (unpaired) electrons. The van der Waals surface area contributed by atoms with Crippen molar-refractivity contribution in [3.63, 3.8) is 0 Å². The lowest BCUT2D eigenvalue weighted by atomic mass is 10.0. The molecule has 2 aliphatic rings. The van der Waals surface area contributed by atoms with Crippen molar-refractivity contribution in [2.45, 2.75) is 83.2 Å². The second-order valence-corrected chi connectivity index (χ2v) is 6.73. The first-order valence-electron chi connectivity index (χ1n) is 9.09. The summed E-state index contributed by atoms with van der Waals surface area (Å²) in [5.74, 6) is 1.71. The zero-order valence-electron chi connectivity index (χ0n) is 13.8. The predicted octanol–water partition coefficient (Wildman–Crippen LogP) is 3.78. The van der Waals surface area contributed by atoms with E-state index in [1.165, 1.54) is 57.8 Å². The zero-order chi connectivity index (χ0) is 15.2. The molecule has 1 aliphatic heterocycles. The average Bonchev–Trinajstić information content (AvgIpc) is 2.84. The van der Waals surface area contributed by atoms with Crippen LogP contribution in [0.15, 0.2) is 6.20 Å². The summed E-state index contributed by atoms with van der Waals surface area (Å²) >= 11 is 0. The lowest BCUT2D eigenvalue weighted by Crippen LogP contribution is -2.40. The van der Waals surface area contributed by atoms with Crippen LogP contribution >= 0.6 is 0 Å². The van der Waals surface area contributed by atoms with Gasteiger partial charge < -0.3 is 10.2 Å². The standard InChI is InChI=1S/C17H29N5/c1-2-15-11-7-8-12-22(15)17-20-16(13-18-21-17)19-14-9-5-3-4-6-10-14/h13-15H,2-12H2,1H3,(H,19,20,21). The Balaban J connectivity index is 1.68. The molecule has 1 atom stereocenters. The number of hydrogen-bond acceptors (Lipinski definition) is 5. The highest BCUT2D eigenvalue weighted by Gasteiger charge is 2.24. The SMILES string of the molecule is CCC1CCCCN1c1nncc(NC2CCCCCC2)n1. The number of piperidine rings is 1. The van der Waals surface area contributed by atoms with Gasteiger partial charge in [-0.15, -0.1) is 5.10 Å². The van der Waals surface area contributed by atoms with Gasteiger partial charge in [-0.25, -0.2) is 0 Å². The van der Waals surface area contributed by atoms with Crippen molar-refractivity contribution in [3.8, 4) is 0 Å². The van der Waals surface area contributed by atoms with Gasteiger partial charge in [-0.3, -0.25) is 0 Å². The highest BCUT2D eigenvalue weighted by Crippen LogP contribution is 2.25. The lowest BCUT2D eigenvalue weighted by molar-refractivity contribution is 0.441. The van der Waals surface area contributed by atoms with Gasteiger partial charge in [0.05, 0.1) is 6.20 Å². The van der Waals surface area contributed by atoms with Gasteiger partial charge in [0.1, 0.15) is 0 Å². The van der Waals surface area contributed by atoms with Crippen molar-refractivity contribution in [2.75, 3.05) is 16.8 Å². The van der Waals surface area contributed by atoms with Crippen molar-refractivity contribution in [1.29, 1.82) is 0 Å². The molecule has 5 heteroatoms. The maximum atomic E-state index is 4.76. The summed E-state index contributed by atoms with van der Waals surface area (Å²) in [4.78, 5) is 7.12. The number of hydrogen-bond donors (Lipinski definition) is 1. The smallest absolute Gasteiger partial charge is 0.247 e. The van der Waals surface area contributed by atoms with Gasteiger partial charge in [-0.1, -0.05) is 32.6 Å². The summed E-state index contributed by atoms with van der Waals surface area (Å²) in [6.07, 6.45) is 14.6. The molecule has 1 aromatic rings.